The summed E-state index contributed by atoms with van der Waals surface area (Å²) in [5.74, 6) is 0.127. The second-order valence-electron chi connectivity index (χ2n) is 6.95. The van der Waals surface area contributed by atoms with Crippen molar-refractivity contribution in [3.05, 3.63) is 48.3 Å². The van der Waals surface area contributed by atoms with Crippen molar-refractivity contribution < 1.29 is 4.79 Å². The Kier molecular flexibility index (Phi) is 4.40. The number of aromatic nitrogens is 1. The number of nitrogens with zero attached hydrogens (tertiary/aromatic N) is 3. The molecule has 0 unspecified atom stereocenters. The maximum atomic E-state index is 12.7. The zero-order valence-corrected chi connectivity index (χ0v) is 14.4. The van der Waals surface area contributed by atoms with Gasteiger partial charge in [-0.25, -0.2) is 0 Å². The van der Waals surface area contributed by atoms with Crippen molar-refractivity contribution in [1.29, 1.82) is 0 Å². The molecule has 1 aromatic carbocycles. The van der Waals surface area contributed by atoms with Crippen LogP contribution in [0, 0.1) is 0 Å². The van der Waals surface area contributed by atoms with Crippen LogP contribution in [-0.4, -0.2) is 52.9 Å². The molecule has 2 heterocycles. The molecule has 1 amide bonds. The summed E-state index contributed by atoms with van der Waals surface area (Å²) in [4.78, 5) is 21.3. The van der Waals surface area contributed by atoms with E-state index in [0.29, 0.717) is 5.69 Å². The van der Waals surface area contributed by atoms with E-state index < -0.39 is 0 Å². The molecule has 1 aliphatic heterocycles. The van der Waals surface area contributed by atoms with Crippen molar-refractivity contribution >= 4 is 11.6 Å². The lowest BCUT2D eigenvalue weighted by Crippen LogP contribution is -2.53. The molecule has 0 atom stereocenters. The average Bonchev–Trinajstić information content (AvgIpc) is 2.61. The molecule has 2 N–H and O–H groups in total. The van der Waals surface area contributed by atoms with Crippen LogP contribution in [0.2, 0.25) is 0 Å². The fourth-order valence-corrected chi connectivity index (χ4v) is 3.69. The van der Waals surface area contributed by atoms with E-state index in [1.165, 1.54) is 19.3 Å². The number of hydrogen-bond donors (Lipinski definition) is 1. The lowest BCUT2D eigenvalue weighted by atomic mass is 9.91. The maximum Gasteiger partial charge on any atom is 0.253 e. The zero-order chi connectivity index (χ0) is 17.2. The second-order valence-corrected chi connectivity index (χ2v) is 6.95. The number of carbonyl (C=O) groups is 1. The molecule has 1 aliphatic carbocycles. The lowest BCUT2D eigenvalue weighted by molar-refractivity contribution is 0.0455. The first kappa shape index (κ1) is 16.1. The topological polar surface area (TPSA) is 62.5 Å². The summed E-state index contributed by atoms with van der Waals surface area (Å²) in [5, 5.41) is 0. The van der Waals surface area contributed by atoms with Gasteiger partial charge in [0.25, 0.3) is 5.91 Å². The molecule has 1 aromatic heterocycles. The smallest absolute Gasteiger partial charge is 0.253 e. The number of piperazine rings is 1. The Balaban J connectivity index is 1.42. The van der Waals surface area contributed by atoms with E-state index in [1.54, 1.807) is 12.4 Å². The molecule has 2 fully saturated rings. The van der Waals surface area contributed by atoms with E-state index in [9.17, 15) is 4.79 Å². The van der Waals surface area contributed by atoms with Crippen molar-refractivity contribution in [1.82, 2.24) is 14.8 Å². The molecule has 130 valence electrons. The van der Waals surface area contributed by atoms with Crippen molar-refractivity contribution in [2.24, 2.45) is 0 Å². The average molecular weight is 336 g/mol. The molecule has 0 bridgehead atoms. The first-order valence-electron chi connectivity index (χ1n) is 9.05. The van der Waals surface area contributed by atoms with Gasteiger partial charge < -0.3 is 10.6 Å². The minimum absolute atomic E-state index is 0.127. The van der Waals surface area contributed by atoms with Crippen LogP contribution >= 0.6 is 0 Å². The van der Waals surface area contributed by atoms with E-state index in [0.717, 1.165) is 48.9 Å². The van der Waals surface area contributed by atoms with Crippen LogP contribution in [0.3, 0.4) is 0 Å². The van der Waals surface area contributed by atoms with Crippen LogP contribution in [0.25, 0.3) is 11.1 Å². The highest BCUT2D eigenvalue weighted by molar-refractivity contribution is 5.95. The van der Waals surface area contributed by atoms with Gasteiger partial charge in [-0.3, -0.25) is 14.7 Å². The number of nitrogens with two attached hydrogens (primary N) is 1. The number of carbonyl (C=O) groups excluding carboxylic acids is 1. The van der Waals surface area contributed by atoms with E-state index in [-0.39, 0.29) is 5.91 Å². The number of hydrogen-bond acceptors (Lipinski definition) is 4. The third-order valence-corrected chi connectivity index (χ3v) is 5.49. The third-order valence-electron chi connectivity index (χ3n) is 5.49. The maximum absolute atomic E-state index is 12.7. The fourth-order valence-electron chi connectivity index (χ4n) is 3.69. The summed E-state index contributed by atoms with van der Waals surface area (Å²) in [5.41, 5.74) is 9.32. The molecule has 25 heavy (non-hydrogen) atoms. The molecule has 5 nitrogen and oxygen atoms in total. The Bertz CT molecular complexity index is 747. The third kappa shape index (κ3) is 3.24. The largest absolute Gasteiger partial charge is 0.397 e. The summed E-state index contributed by atoms with van der Waals surface area (Å²) in [6.45, 7) is 3.66. The van der Waals surface area contributed by atoms with Gasteiger partial charge in [0.2, 0.25) is 0 Å². The van der Waals surface area contributed by atoms with Crippen molar-refractivity contribution in [3.8, 4) is 11.1 Å². The Hall–Kier alpha value is -2.40. The van der Waals surface area contributed by atoms with E-state index >= 15 is 0 Å². The Labute approximate surface area is 148 Å². The Morgan fingerprint density at radius 3 is 2.36 bits per heavy atom. The minimum atomic E-state index is 0.127. The highest BCUT2D eigenvalue weighted by Crippen LogP contribution is 2.27. The first-order valence-corrected chi connectivity index (χ1v) is 9.05. The van der Waals surface area contributed by atoms with Gasteiger partial charge >= 0.3 is 0 Å². The monoisotopic (exact) mass is 336 g/mol. The van der Waals surface area contributed by atoms with Gasteiger partial charge in [-0.2, -0.15) is 0 Å². The number of pyridine rings is 1. The van der Waals surface area contributed by atoms with E-state index in [4.69, 9.17) is 5.73 Å². The molecular formula is C20H24N4O. The van der Waals surface area contributed by atoms with Gasteiger partial charge in [-0.05, 0) is 36.6 Å². The summed E-state index contributed by atoms with van der Waals surface area (Å²) in [7, 11) is 0. The number of benzene rings is 1. The molecule has 0 radical (unpaired) electrons. The predicted molar refractivity (Wildman–Crippen MR) is 99.2 cm³/mol. The number of amides is 1. The minimum Gasteiger partial charge on any atom is -0.397 e. The highest BCUT2D eigenvalue weighted by Gasteiger charge is 2.29. The zero-order valence-electron chi connectivity index (χ0n) is 14.4. The predicted octanol–water partition coefficient (Wildman–Crippen LogP) is 2.64. The van der Waals surface area contributed by atoms with Gasteiger partial charge in [0.05, 0.1) is 11.9 Å². The number of nitrogen functional groups attached to an aromatic ring is 1. The van der Waals surface area contributed by atoms with Gasteiger partial charge in [0.1, 0.15) is 0 Å². The molecule has 2 aliphatic rings. The van der Waals surface area contributed by atoms with Crippen LogP contribution in [0.15, 0.2) is 42.7 Å². The molecule has 5 heteroatoms. The van der Waals surface area contributed by atoms with Crippen molar-refractivity contribution in [2.75, 3.05) is 31.9 Å². The van der Waals surface area contributed by atoms with Gasteiger partial charge in [0.15, 0.2) is 0 Å². The molecule has 1 saturated heterocycles. The van der Waals surface area contributed by atoms with Crippen LogP contribution in [0.1, 0.15) is 29.6 Å². The summed E-state index contributed by atoms with van der Waals surface area (Å²) in [6, 6.07) is 10.4. The van der Waals surface area contributed by atoms with Crippen LogP contribution in [0.4, 0.5) is 5.69 Å². The molecule has 0 spiro atoms. The fraction of sp³-hybridized carbons (Fsp3) is 0.400. The lowest BCUT2D eigenvalue weighted by Gasteiger charge is -2.42. The standard InChI is InChI=1S/C20H24N4O/c21-19-14-22-9-8-18(19)15-4-6-16(7-5-15)20(25)24-12-10-23(11-13-24)17-2-1-3-17/h4-9,14,17H,1-3,10-13,21H2. The van der Waals surface area contributed by atoms with Crippen LogP contribution < -0.4 is 5.73 Å². The summed E-state index contributed by atoms with van der Waals surface area (Å²) in [6.07, 6.45) is 7.39. The Morgan fingerprint density at radius 1 is 1.04 bits per heavy atom. The summed E-state index contributed by atoms with van der Waals surface area (Å²) < 4.78 is 0. The normalized spacial score (nSPS) is 18.8. The quantitative estimate of drug-likeness (QED) is 0.936. The summed E-state index contributed by atoms with van der Waals surface area (Å²) >= 11 is 0. The molecule has 4 rings (SSSR count). The SMILES string of the molecule is Nc1cnccc1-c1ccc(C(=O)N2CCN(C3CCC3)CC2)cc1. The van der Waals surface area contributed by atoms with Crippen molar-refractivity contribution in [3.63, 3.8) is 0 Å². The Morgan fingerprint density at radius 2 is 1.76 bits per heavy atom. The van der Waals surface area contributed by atoms with E-state index in [2.05, 4.69) is 9.88 Å². The van der Waals surface area contributed by atoms with E-state index in [1.807, 2.05) is 35.2 Å². The second kappa shape index (κ2) is 6.84. The first-order chi connectivity index (χ1) is 12.2. The molecule has 2 aromatic rings. The van der Waals surface area contributed by atoms with Gasteiger partial charge in [-0.15, -0.1) is 0 Å². The highest BCUT2D eigenvalue weighted by atomic mass is 16.2. The number of rotatable bonds is 3. The van der Waals surface area contributed by atoms with Crippen LogP contribution in [0.5, 0.6) is 0 Å². The number of anilines is 1. The van der Waals surface area contributed by atoms with Crippen LogP contribution in [-0.2, 0) is 0 Å². The van der Waals surface area contributed by atoms with Gasteiger partial charge in [0, 0.05) is 49.5 Å². The van der Waals surface area contributed by atoms with Gasteiger partial charge in [-0.1, -0.05) is 18.6 Å². The molecular weight excluding hydrogens is 312 g/mol. The van der Waals surface area contributed by atoms with Crippen molar-refractivity contribution in [2.45, 2.75) is 25.3 Å². The molecule has 1 saturated carbocycles.